The van der Waals surface area contributed by atoms with Gasteiger partial charge < -0.3 is 9.67 Å². The molecule has 0 radical (unpaired) electrons. The number of rotatable bonds is 0. The molecule has 2 heterocycles. The van der Waals surface area contributed by atoms with Crippen LogP contribution in [0.15, 0.2) is 24.3 Å². The van der Waals surface area contributed by atoms with Crippen LogP contribution in [0.1, 0.15) is 30.2 Å². The average molecular weight is 255 g/mol. The zero-order valence-electron chi connectivity index (χ0n) is 9.54. The largest absolute Gasteiger partial charge is 0.416 e. The first-order valence-electron chi connectivity index (χ1n) is 5.85. The standard InChI is InChI=1S/C13H12F3NO/c14-13(15,16)9-3-4-10-8(6-9)7-11-12(18)2-1-5-17(10)11/h3-4,6-7,12,18H,1-2,5H2. The minimum Gasteiger partial charge on any atom is -0.387 e. The first kappa shape index (κ1) is 11.6. The molecule has 1 unspecified atom stereocenters. The highest BCUT2D eigenvalue weighted by molar-refractivity contribution is 5.82. The first-order valence-corrected chi connectivity index (χ1v) is 5.85. The molecule has 1 aliphatic heterocycles. The number of aryl methyl sites for hydroxylation is 1. The van der Waals surface area contributed by atoms with E-state index in [-0.39, 0.29) is 0 Å². The zero-order chi connectivity index (χ0) is 12.9. The van der Waals surface area contributed by atoms with Crippen LogP contribution in [0.25, 0.3) is 10.9 Å². The van der Waals surface area contributed by atoms with Gasteiger partial charge in [0.25, 0.3) is 0 Å². The zero-order valence-corrected chi connectivity index (χ0v) is 9.54. The molecule has 1 atom stereocenters. The van der Waals surface area contributed by atoms with E-state index < -0.39 is 17.8 Å². The number of fused-ring (bicyclic) bond motifs is 3. The van der Waals surface area contributed by atoms with Crippen LogP contribution in [0.3, 0.4) is 0 Å². The van der Waals surface area contributed by atoms with Gasteiger partial charge in [-0.05, 0) is 37.1 Å². The molecule has 96 valence electrons. The molecule has 0 bridgehead atoms. The Bertz CT molecular complexity index is 600. The van der Waals surface area contributed by atoms with E-state index in [1.807, 2.05) is 4.57 Å². The fourth-order valence-electron chi connectivity index (χ4n) is 2.58. The number of benzene rings is 1. The number of halogens is 3. The smallest absolute Gasteiger partial charge is 0.387 e. The highest BCUT2D eigenvalue weighted by Gasteiger charge is 2.31. The normalized spacial score (nSPS) is 20.1. The minimum absolute atomic E-state index is 0.542. The Kier molecular flexibility index (Phi) is 2.41. The van der Waals surface area contributed by atoms with Crippen molar-refractivity contribution >= 4 is 10.9 Å². The summed E-state index contributed by atoms with van der Waals surface area (Å²) in [4.78, 5) is 0. The third kappa shape index (κ3) is 1.70. The average Bonchev–Trinajstić information content (AvgIpc) is 2.67. The van der Waals surface area contributed by atoms with Gasteiger partial charge in [-0.2, -0.15) is 13.2 Å². The molecule has 2 aromatic rings. The molecule has 0 saturated carbocycles. The highest BCUT2D eigenvalue weighted by Crippen LogP contribution is 2.35. The summed E-state index contributed by atoms with van der Waals surface area (Å²) in [6.45, 7) is 0.751. The molecular weight excluding hydrogens is 243 g/mol. The van der Waals surface area contributed by atoms with Crippen molar-refractivity contribution in [2.45, 2.75) is 31.7 Å². The molecule has 1 aromatic heterocycles. The summed E-state index contributed by atoms with van der Waals surface area (Å²) in [6.07, 6.45) is -3.38. The van der Waals surface area contributed by atoms with E-state index in [1.165, 1.54) is 6.07 Å². The molecule has 5 heteroatoms. The third-order valence-electron chi connectivity index (χ3n) is 3.46. The van der Waals surface area contributed by atoms with Gasteiger partial charge in [-0.3, -0.25) is 0 Å². The second kappa shape index (κ2) is 3.75. The summed E-state index contributed by atoms with van der Waals surface area (Å²) >= 11 is 0. The topological polar surface area (TPSA) is 25.2 Å². The Balaban J connectivity index is 2.19. The van der Waals surface area contributed by atoms with Crippen molar-refractivity contribution < 1.29 is 18.3 Å². The molecule has 1 N–H and O–H groups in total. The first-order chi connectivity index (χ1) is 8.47. The monoisotopic (exact) mass is 255 g/mol. The van der Waals surface area contributed by atoms with Crippen LogP contribution < -0.4 is 0 Å². The van der Waals surface area contributed by atoms with Crippen molar-refractivity contribution in [3.63, 3.8) is 0 Å². The second-order valence-corrected chi connectivity index (χ2v) is 4.65. The lowest BCUT2D eigenvalue weighted by Crippen LogP contribution is -2.14. The maximum absolute atomic E-state index is 12.6. The van der Waals surface area contributed by atoms with Crippen LogP contribution in [0.5, 0.6) is 0 Å². The molecular formula is C13H12F3NO. The van der Waals surface area contributed by atoms with Gasteiger partial charge in [0.1, 0.15) is 0 Å². The van der Waals surface area contributed by atoms with Crippen molar-refractivity contribution in [3.8, 4) is 0 Å². The summed E-state index contributed by atoms with van der Waals surface area (Å²) in [5.41, 5.74) is 0.833. The predicted molar refractivity (Wildman–Crippen MR) is 61.1 cm³/mol. The fourth-order valence-corrected chi connectivity index (χ4v) is 2.58. The van der Waals surface area contributed by atoms with Crippen LogP contribution in [0.4, 0.5) is 13.2 Å². The highest BCUT2D eigenvalue weighted by atomic mass is 19.4. The lowest BCUT2D eigenvalue weighted by atomic mass is 10.1. The number of hydrogen-bond donors (Lipinski definition) is 1. The molecule has 3 rings (SSSR count). The second-order valence-electron chi connectivity index (χ2n) is 4.65. The van der Waals surface area contributed by atoms with E-state index in [2.05, 4.69) is 0 Å². The summed E-state index contributed by atoms with van der Waals surface area (Å²) in [5, 5.41) is 10.4. The third-order valence-corrected chi connectivity index (χ3v) is 3.46. The molecule has 2 nitrogen and oxygen atoms in total. The molecule has 0 fully saturated rings. The Morgan fingerprint density at radius 3 is 2.72 bits per heavy atom. The molecule has 0 spiro atoms. The summed E-state index contributed by atoms with van der Waals surface area (Å²) in [5.74, 6) is 0. The van der Waals surface area contributed by atoms with Crippen molar-refractivity contribution in [2.24, 2.45) is 0 Å². The molecule has 0 saturated heterocycles. The lowest BCUT2D eigenvalue weighted by molar-refractivity contribution is -0.137. The molecule has 0 amide bonds. The van der Waals surface area contributed by atoms with Crippen LogP contribution in [-0.2, 0) is 12.7 Å². The molecule has 1 aromatic carbocycles. The van der Waals surface area contributed by atoms with Crippen molar-refractivity contribution in [1.82, 2.24) is 4.57 Å². The van der Waals surface area contributed by atoms with E-state index in [0.29, 0.717) is 11.8 Å². The minimum atomic E-state index is -4.32. The van der Waals surface area contributed by atoms with Crippen LogP contribution in [-0.4, -0.2) is 9.67 Å². The Hall–Kier alpha value is -1.49. The van der Waals surface area contributed by atoms with Crippen molar-refractivity contribution in [1.29, 1.82) is 0 Å². The van der Waals surface area contributed by atoms with Gasteiger partial charge in [0.15, 0.2) is 0 Å². The number of hydrogen-bond acceptors (Lipinski definition) is 1. The predicted octanol–water partition coefficient (Wildman–Crippen LogP) is 3.49. The summed E-state index contributed by atoms with van der Waals surface area (Å²) < 4.78 is 39.8. The summed E-state index contributed by atoms with van der Waals surface area (Å²) in [7, 11) is 0. The molecule has 1 aliphatic rings. The maximum atomic E-state index is 12.6. The van der Waals surface area contributed by atoms with E-state index >= 15 is 0 Å². The van der Waals surface area contributed by atoms with Gasteiger partial charge in [-0.15, -0.1) is 0 Å². The molecule has 18 heavy (non-hydrogen) atoms. The Labute approximate surface area is 102 Å². The van der Waals surface area contributed by atoms with Crippen molar-refractivity contribution in [2.75, 3.05) is 0 Å². The number of aliphatic hydroxyl groups is 1. The van der Waals surface area contributed by atoms with Gasteiger partial charge in [-0.25, -0.2) is 0 Å². The van der Waals surface area contributed by atoms with Gasteiger partial charge in [-0.1, -0.05) is 0 Å². The maximum Gasteiger partial charge on any atom is 0.416 e. The van der Waals surface area contributed by atoms with E-state index in [0.717, 1.165) is 36.3 Å². The van der Waals surface area contributed by atoms with Gasteiger partial charge in [0, 0.05) is 23.1 Å². The van der Waals surface area contributed by atoms with Gasteiger partial charge in [0.05, 0.1) is 11.7 Å². The van der Waals surface area contributed by atoms with Crippen LogP contribution in [0, 0.1) is 0 Å². The van der Waals surface area contributed by atoms with E-state index in [4.69, 9.17) is 0 Å². The molecule has 0 aliphatic carbocycles. The number of aromatic nitrogens is 1. The fraction of sp³-hybridized carbons (Fsp3) is 0.385. The van der Waals surface area contributed by atoms with E-state index in [9.17, 15) is 18.3 Å². The SMILES string of the molecule is OC1CCCn2c1cc1cc(C(F)(F)F)ccc12. The quantitative estimate of drug-likeness (QED) is 0.766. The number of aliphatic hydroxyl groups excluding tert-OH is 1. The lowest BCUT2D eigenvalue weighted by Gasteiger charge is -2.21. The number of nitrogens with zero attached hydrogens (tertiary/aromatic N) is 1. The Morgan fingerprint density at radius 2 is 2.00 bits per heavy atom. The van der Waals surface area contributed by atoms with Crippen molar-refractivity contribution in [3.05, 3.63) is 35.5 Å². The Morgan fingerprint density at radius 1 is 1.22 bits per heavy atom. The van der Waals surface area contributed by atoms with Gasteiger partial charge in [0.2, 0.25) is 0 Å². The number of alkyl halides is 3. The van der Waals surface area contributed by atoms with Gasteiger partial charge >= 0.3 is 6.18 Å². The summed E-state index contributed by atoms with van der Waals surface area (Å²) in [6, 6.07) is 5.39. The van der Waals surface area contributed by atoms with Crippen LogP contribution >= 0.6 is 0 Å². The van der Waals surface area contributed by atoms with E-state index in [1.54, 1.807) is 6.07 Å². The van der Waals surface area contributed by atoms with Crippen LogP contribution in [0.2, 0.25) is 0 Å².